The summed E-state index contributed by atoms with van der Waals surface area (Å²) in [7, 11) is 1.88. The molecule has 0 fully saturated rings. The summed E-state index contributed by atoms with van der Waals surface area (Å²) >= 11 is 1.40. The molecule has 0 radical (unpaired) electrons. The zero-order valence-electron chi connectivity index (χ0n) is 16.9. The van der Waals surface area contributed by atoms with E-state index in [0.717, 1.165) is 32.5 Å². The topological polar surface area (TPSA) is 39.1 Å². The zero-order chi connectivity index (χ0) is 22.0. The summed E-state index contributed by atoms with van der Waals surface area (Å²) in [6, 6.07) is 14.4. The number of benzene rings is 2. The molecule has 0 aliphatic heterocycles. The van der Waals surface area contributed by atoms with E-state index >= 15 is 0 Å². The summed E-state index contributed by atoms with van der Waals surface area (Å²) in [6.07, 6.45) is 3.54. The van der Waals surface area contributed by atoms with Crippen molar-refractivity contribution in [2.75, 3.05) is 7.05 Å². The fourth-order valence-electron chi connectivity index (χ4n) is 3.39. The lowest BCUT2D eigenvalue weighted by atomic mass is 10.0. The molecule has 0 saturated carbocycles. The minimum Gasteiger partial charge on any atom is -0.435 e. The number of nitrogens with one attached hydrogen (secondary N) is 1. The van der Waals surface area contributed by atoms with E-state index in [1.54, 1.807) is 25.1 Å². The maximum Gasteiger partial charge on any atom is 0.387 e. The Morgan fingerprint density at radius 3 is 2.71 bits per heavy atom. The SMILES string of the molecule is CNCc1cn(Sc2cccc(OC(F)F)c2)c2cc(-c3cnc(F)c(C)c3)ccc12. The molecule has 4 nitrogen and oxygen atoms in total. The Kier molecular flexibility index (Phi) is 6.20. The van der Waals surface area contributed by atoms with Crippen molar-refractivity contribution in [3.8, 4) is 16.9 Å². The van der Waals surface area contributed by atoms with E-state index in [0.29, 0.717) is 12.1 Å². The summed E-state index contributed by atoms with van der Waals surface area (Å²) in [6.45, 7) is -0.511. The molecule has 0 amide bonds. The second kappa shape index (κ2) is 9.03. The van der Waals surface area contributed by atoms with Crippen molar-refractivity contribution in [3.05, 3.63) is 78.0 Å². The van der Waals surface area contributed by atoms with Gasteiger partial charge in [0, 0.05) is 40.3 Å². The highest BCUT2D eigenvalue weighted by atomic mass is 32.2. The minimum absolute atomic E-state index is 0.112. The number of hydrogen-bond acceptors (Lipinski definition) is 4. The Labute approximate surface area is 182 Å². The molecule has 0 atom stereocenters. The van der Waals surface area contributed by atoms with Gasteiger partial charge >= 0.3 is 6.61 Å². The van der Waals surface area contributed by atoms with E-state index in [2.05, 4.69) is 15.0 Å². The molecule has 0 spiro atoms. The molecular formula is C23H20F3N3OS. The summed E-state index contributed by atoms with van der Waals surface area (Å²) in [5.74, 6) is -0.369. The van der Waals surface area contributed by atoms with Crippen LogP contribution >= 0.6 is 11.9 Å². The van der Waals surface area contributed by atoms with E-state index in [1.807, 2.05) is 41.5 Å². The average molecular weight is 443 g/mol. The number of fused-ring (bicyclic) bond motifs is 1. The third-order valence-electron chi connectivity index (χ3n) is 4.80. The second-order valence-electron chi connectivity index (χ2n) is 7.02. The third-order valence-corrected chi connectivity index (χ3v) is 5.77. The molecule has 4 rings (SSSR count). The van der Waals surface area contributed by atoms with Crippen LogP contribution in [-0.4, -0.2) is 22.6 Å². The van der Waals surface area contributed by atoms with Crippen LogP contribution in [0.2, 0.25) is 0 Å². The van der Waals surface area contributed by atoms with Crippen molar-refractivity contribution < 1.29 is 17.9 Å². The largest absolute Gasteiger partial charge is 0.435 e. The van der Waals surface area contributed by atoms with Gasteiger partial charge < -0.3 is 10.1 Å². The van der Waals surface area contributed by atoms with Crippen LogP contribution in [0.15, 0.2) is 65.8 Å². The van der Waals surface area contributed by atoms with Gasteiger partial charge in [-0.05, 0) is 67.4 Å². The molecule has 2 aromatic carbocycles. The fourth-order valence-corrected chi connectivity index (χ4v) is 4.35. The number of rotatable bonds is 7. The van der Waals surface area contributed by atoms with Gasteiger partial charge in [0.05, 0.1) is 5.52 Å². The van der Waals surface area contributed by atoms with Crippen LogP contribution in [0.25, 0.3) is 22.0 Å². The van der Waals surface area contributed by atoms with Crippen molar-refractivity contribution in [1.82, 2.24) is 14.3 Å². The van der Waals surface area contributed by atoms with Crippen LogP contribution in [-0.2, 0) is 6.54 Å². The van der Waals surface area contributed by atoms with Crippen LogP contribution in [0, 0.1) is 12.9 Å². The highest BCUT2D eigenvalue weighted by molar-refractivity contribution is 7.98. The zero-order valence-corrected chi connectivity index (χ0v) is 17.7. The van der Waals surface area contributed by atoms with E-state index in [-0.39, 0.29) is 5.75 Å². The summed E-state index contributed by atoms with van der Waals surface area (Å²) in [4.78, 5) is 4.59. The molecule has 4 aromatic rings. The van der Waals surface area contributed by atoms with Gasteiger partial charge in [0.2, 0.25) is 5.95 Å². The number of nitrogens with zero attached hydrogens (tertiary/aromatic N) is 2. The maximum atomic E-state index is 13.6. The molecule has 8 heteroatoms. The van der Waals surface area contributed by atoms with Gasteiger partial charge in [0.1, 0.15) is 5.75 Å². The average Bonchev–Trinajstić information content (AvgIpc) is 3.07. The molecular weight excluding hydrogens is 423 g/mol. The number of aryl methyl sites for hydroxylation is 1. The maximum absolute atomic E-state index is 13.6. The lowest BCUT2D eigenvalue weighted by Gasteiger charge is -2.09. The molecule has 160 valence electrons. The van der Waals surface area contributed by atoms with Crippen LogP contribution in [0.5, 0.6) is 5.75 Å². The number of halogens is 3. The molecule has 0 unspecified atom stereocenters. The molecule has 31 heavy (non-hydrogen) atoms. The lowest BCUT2D eigenvalue weighted by Crippen LogP contribution is -2.04. The smallest absolute Gasteiger partial charge is 0.387 e. The number of pyridine rings is 1. The highest BCUT2D eigenvalue weighted by Gasteiger charge is 2.13. The molecule has 0 aliphatic rings. The normalized spacial score (nSPS) is 11.4. The van der Waals surface area contributed by atoms with E-state index in [9.17, 15) is 13.2 Å². The summed E-state index contributed by atoms with van der Waals surface area (Å²) in [5.41, 5.74) is 4.27. The first-order valence-corrected chi connectivity index (χ1v) is 10.4. The van der Waals surface area contributed by atoms with Gasteiger partial charge in [-0.3, -0.25) is 3.97 Å². The van der Waals surface area contributed by atoms with Crippen molar-refractivity contribution >= 4 is 22.9 Å². The van der Waals surface area contributed by atoms with Gasteiger partial charge in [-0.2, -0.15) is 13.2 Å². The minimum atomic E-state index is -2.87. The first-order chi connectivity index (χ1) is 14.9. The predicted molar refractivity (Wildman–Crippen MR) is 117 cm³/mol. The summed E-state index contributed by atoms with van der Waals surface area (Å²) in [5, 5.41) is 4.23. The second-order valence-corrected chi connectivity index (χ2v) is 8.07. The van der Waals surface area contributed by atoms with Crippen LogP contribution in [0.3, 0.4) is 0 Å². The van der Waals surface area contributed by atoms with Gasteiger partial charge in [0.15, 0.2) is 0 Å². The molecule has 0 aliphatic carbocycles. The lowest BCUT2D eigenvalue weighted by molar-refractivity contribution is -0.0499. The third kappa shape index (κ3) is 4.70. The Hall–Kier alpha value is -2.97. The monoisotopic (exact) mass is 443 g/mol. The van der Waals surface area contributed by atoms with Crippen LogP contribution in [0.1, 0.15) is 11.1 Å². The van der Waals surface area contributed by atoms with E-state index in [1.165, 1.54) is 24.2 Å². The fraction of sp³-hybridized carbons (Fsp3) is 0.174. The Morgan fingerprint density at radius 1 is 1.13 bits per heavy atom. The van der Waals surface area contributed by atoms with Crippen molar-refractivity contribution in [3.63, 3.8) is 0 Å². The van der Waals surface area contributed by atoms with Crippen molar-refractivity contribution in [2.24, 2.45) is 0 Å². The molecule has 2 aromatic heterocycles. The first-order valence-electron chi connectivity index (χ1n) is 9.59. The Balaban J connectivity index is 1.76. The quantitative estimate of drug-likeness (QED) is 0.354. The molecule has 0 saturated heterocycles. The number of hydrogen-bond donors (Lipinski definition) is 1. The first kappa shape index (κ1) is 21.3. The standard InChI is InChI=1S/C23H20F3N3OS/c1-14-8-16(12-28-22(14)24)15-6-7-20-17(11-27-2)13-29(21(20)9-15)31-19-5-3-4-18(10-19)30-23(25)26/h3-10,12-13,23,27H,11H2,1-2H3. The summed E-state index contributed by atoms with van der Waals surface area (Å²) < 4.78 is 45.2. The van der Waals surface area contributed by atoms with Crippen molar-refractivity contribution in [2.45, 2.75) is 25.0 Å². The Morgan fingerprint density at radius 2 is 1.97 bits per heavy atom. The highest BCUT2D eigenvalue weighted by Crippen LogP contribution is 2.34. The van der Waals surface area contributed by atoms with Crippen LogP contribution in [0.4, 0.5) is 13.2 Å². The number of alkyl halides is 2. The number of aromatic nitrogens is 2. The van der Waals surface area contributed by atoms with Gasteiger partial charge in [-0.15, -0.1) is 0 Å². The number of ether oxygens (including phenoxy) is 1. The molecule has 2 heterocycles. The molecule has 0 bridgehead atoms. The van der Waals surface area contributed by atoms with Gasteiger partial charge in [-0.25, -0.2) is 4.98 Å². The van der Waals surface area contributed by atoms with E-state index < -0.39 is 12.6 Å². The van der Waals surface area contributed by atoms with Gasteiger partial charge in [-0.1, -0.05) is 18.2 Å². The Bertz CT molecular complexity index is 1230. The predicted octanol–water partition coefficient (Wildman–Crippen LogP) is 6.03. The van der Waals surface area contributed by atoms with Gasteiger partial charge in [0.25, 0.3) is 0 Å². The van der Waals surface area contributed by atoms with E-state index in [4.69, 9.17) is 0 Å². The van der Waals surface area contributed by atoms with Crippen molar-refractivity contribution in [1.29, 1.82) is 0 Å². The van der Waals surface area contributed by atoms with Crippen LogP contribution < -0.4 is 10.1 Å². The molecule has 1 N–H and O–H groups in total.